The molecule has 0 aliphatic carbocycles. The molecule has 0 saturated heterocycles. The minimum absolute atomic E-state index is 0.158. The number of aryl methyl sites for hydroxylation is 2. The maximum absolute atomic E-state index is 12.9. The SMILES string of the molecule is Cc1cc(NC(=O)CSc2nnc(-c3cccnc3)n2-c2ccccc2C)n(-c2ccccc2)n1. The van der Waals surface area contributed by atoms with E-state index >= 15 is 0 Å². The number of amides is 1. The van der Waals surface area contributed by atoms with Gasteiger partial charge in [-0.1, -0.05) is 48.2 Å². The summed E-state index contributed by atoms with van der Waals surface area (Å²) in [4.78, 5) is 17.2. The third-order valence-corrected chi connectivity index (χ3v) is 6.27. The third kappa shape index (κ3) is 4.85. The van der Waals surface area contributed by atoms with E-state index in [0.29, 0.717) is 16.8 Å². The zero-order chi connectivity index (χ0) is 24.2. The number of aromatic nitrogens is 6. The van der Waals surface area contributed by atoms with E-state index < -0.39 is 0 Å². The summed E-state index contributed by atoms with van der Waals surface area (Å²) in [7, 11) is 0. The molecule has 3 heterocycles. The highest BCUT2D eigenvalue weighted by atomic mass is 32.2. The van der Waals surface area contributed by atoms with Gasteiger partial charge in [0, 0.05) is 24.0 Å². The molecule has 174 valence electrons. The first-order valence-corrected chi connectivity index (χ1v) is 12.1. The van der Waals surface area contributed by atoms with Crippen LogP contribution in [0, 0.1) is 13.8 Å². The fraction of sp³-hybridized carbons (Fsp3) is 0.115. The molecule has 5 aromatic rings. The number of nitrogens with zero attached hydrogens (tertiary/aromatic N) is 6. The van der Waals surface area contributed by atoms with Crippen LogP contribution in [0.4, 0.5) is 5.82 Å². The summed E-state index contributed by atoms with van der Waals surface area (Å²) in [5.41, 5.74) is 4.57. The molecular weight excluding hydrogens is 458 g/mol. The second-order valence-electron chi connectivity index (χ2n) is 7.92. The topological polar surface area (TPSA) is 90.5 Å². The first-order chi connectivity index (χ1) is 17.1. The van der Waals surface area contributed by atoms with E-state index in [0.717, 1.165) is 28.2 Å². The van der Waals surface area contributed by atoms with Gasteiger partial charge in [-0.15, -0.1) is 10.2 Å². The molecule has 9 heteroatoms. The average Bonchev–Trinajstić information content (AvgIpc) is 3.47. The minimum atomic E-state index is -0.158. The zero-order valence-electron chi connectivity index (χ0n) is 19.3. The Morgan fingerprint density at radius 2 is 1.77 bits per heavy atom. The van der Waals surface area contributed by atoms with Gasteiger partial charge in [0.15, 0.2) is 11.0 Å². The van der Waals surface area contributed by atoms with Crippen molar-refractivity contribution in [1.82, 2.24) is 29.5 Å². The fourth-order valence-corrected chi connectivity index (χ4v) is 4.49. The van der Waals surface area contributed by atoms with Crippen molar-refractivity contribution in [2.75, 3.05) is 11.1 Å². The number of thioether (sulfide) groups is 1. The van der Waals surface area contributed by atoms with Crippen LogP contribution in [0.15, 0.2) is 90.3 Å². The number of anilines is 1. The van der Waals surface area contributed by atoms with Crippen molar-refractivity contribution in [2.24, 2.45) is 0 Å². The van der Waals surface area contributed by atoms with Gasteiger partial charge < -0.3 is 5.32 Å². The van der Waals surface area contributed by atoms with Crippen LogP contribution in [-0.2, 0) is 4.79 Å². The van der Waals surface area contributed by atoms with E-state index in [-0.39, 0.29) is 11.7 Å². The third-order valence-electron chi connectivity index (χ3n) is 5.34. The molecule has 1 N–H and O–H groups in total. The van der Waals surface area contributed by atoms with Crippen LogP contribution in [0.5, 0.6) is 0 Å². The number of rotatable bonds is 7. The molecule has 0 saturated carbocycles. The lowest BCUT2D eigenvalue weighted by Gasteiger charge is -2.13. The highest BCUT2D eigenvalue weighted by Crippen LogP contribution is 2.29. The molecule has 2 aromatic carbocycles. The van der Waals surface area contributed by atoms with Gasteiger partial charge in [-0.05, 0) is 49.7 Å². The van der Waals surface area contributed by atoms with Crippen LogP contribution in [0.25, 0.3) is 22.8 Å². The maximum Gasteiger partial charge on any atom is 0.236 e. The van der Waals surface area contributed by atoms with Gasteiger partial charge in [0.25, 0.3) is 0 Å². The lowest BCUT2D eigenvalue weighted by Crippen LogP contribution is -2.17. The minimum Gasteiger partial charge on any atom is -0.310 e. The predicted molar refractivity (Wildman–Crippen MR) is 137 cm³/mol. The van der Waals surface area contributed by atoms with E-state index in [1.54, 1.807) is 17.1 Å². The molecule has 0 unspecified atom stereocenters. The van der Waals surface area contributed by atoms with E-state index in [4.69, 9.17) is 0 Å². The highest BCUT2D eigenvalue weighted by Gasteiger charge is 2.19. The van der Waals surface area contributed by atoms with Crippen molar-refractivity contribution in [1.29, 1.82) is 0 Å². The molecule has 35 heavy (non-hydrogen) atoms. The Morgan fingerprint density at radius 3 is 2.54 bits per heavy atom. The number of carbonyl (C=O) groups is 1. The van der Waals surface area contributed by atoms with Crippen LogP contribution in [-0.4, -0.2) is 41.2 Å². The molecule has 0 atom stereocenters. The lowest BCUT2D eigenvalue weighted by atomic mass is 10.2. The Morgan fingerprint density at radius 1 is 0.971 bits per heavy atom. The van der Waals surface area contributed by atoms with E-state index in [1.807, 2.05) is 91.2 Å². The first-order valence-electron chi connectivity index (χ1n) is 11.1. The summed E-state index contributed by atoms with van der Waals surface area (Å²) in [5.74, 6) is 1.30. The van der Waals surface area contributed by atoms with E-state index in [2.05, 4.69) is 25.6 Å². The van der Waals surface area contributed by atoms with Gasteiger partial charge in [-0.3, -0.25) is 14.3 Å². The van der Waals surface area contributed by atoms with Crippen molar-refractivity contribution in [2.45, 2.75) is 19.0 Å². The Hall–Kier alpha value is -4.24. The van der Waals surface area contributed by atoms with Crippen LogP contribution >= 0.6 is 11.8 Å². The van der Waals surface area contributed by atoms with Crippen molar-refractivity contribution in [3.05, 3.63) is 96.4 Å². The Labute approximate surface area is 207 Å². The summed E-state index contributed by atoms with van der Waals surface area (Å²) in [5, 5.41) is 17.0. The normalized spacial score (nSPS) is 10.9. The monoisotopic (exact) mass is 481 g/mol. The summed E-state index contributed by atoms with van der Waals surface area (Å²) >= 11 is 1.33. The maximum atomic E-state index is 12.9. The number of hydrogen-bond acceptors (Lipinski definition) is 6. The summed E-state index contributed by atoms with van der Waals surface area (Å²) in [6, 6.07) is 23.4. The number of carbonyl (C=O) groups excluding carboxylic acids is 1. The van der Waals surface area contributed by atoms with E-state index in [1.165, 1.54) is 11.8 Å². The molecular formula is C26H23N7OS. The number of nitrogens with one attached hydrogen (secondary N) is 1. The summed E-state index contributed by atoms with van der Waals surface area (Å²) in [6.45, 7) is 3.94. The molecule has 0 fully saturated rings. The summed E-state index contributed by atoms with van der Waals surface area (Å²) in [6.07, 6.45) is 3.48. The fourth-order valence-electron chi connectivity index (χ4n) is 3.74. The van der Waals surface area contributed by atoms with Crippen molar-refractivity contribution >= 4 is 23.5 Å². The lowest BCUT2D eigenvalue weighted by molar-refractivity contribution is -0.113. The predicted octanol–water partition coefficient (Wildman–Crippen LogP) is 4.86. The molecule has 0 radical (unpaired) electrons. The number of benzene rings is 2. The van der Waals surface area contributed by atoms with Gasteiger partial charge in [-0.2, -0.15) is 5.10 Å². The average molecular weight is 482 g/mol. The Balaban J connectivity index is 1.40. The van der Waals surface area contributed by atoms with Crippen molar-refractivity contribution < 1.29 is 4.79 Å². The van der Waals surface area contributed by atoms with Crippen LogP contribution in [0.2, 0.25) is 0 Å². The van der Waals surface area contributed by atoms with Crippen molar-refractivity contribution in [3.8, 4) is 22.8 Å². The smallest absolute Gasteiger partial charge is 0.236 e. The van der Waals surface area contributed by atoms with Gasteiger partial charge in [0.1, 0.15) is 5.82 Å². The Bertz CT molecular complexity index is 1460. The van der Waals surface area contributed by atoms with Gasteiger partial charge in [0.2, 0.25) is 5.91 Å². The quantitative estimate of drug-likeness (QED) is 0.334. The standard InChI is InChI=1S/C26H23N7OS/c1-18-9-6-7-13-22(18)32-25(20-10-8-14-27-16-20)29-30-26(32)35-17-24(34)28-23-15-19(2)31-33(23)21-11-4-3-5-12-21/h3-16H,17H2,1-2H3,(H,28,34). The number of hydrogen-bond donors (Lipinski definition) is 1. The van der Waals surface area contributed by atoms with Gasteiger partial charge in [-0.25, -0.2) is 4.68 Å². The van der Waals surface area contributed by atoms with E-state index in [9.17, 15) is 4.79 Å². The first kappa shape index (κ1) is 22.5. The van der Waals surface area contributed by atoms with Crippen LogP contribution in [0.3, 0.4) is 0 Å². The highest BCUT2D eigenvalue weighted by molar-refractivity contribution is 7.99. The molecule has 8 nitrogen and oxygen atoms in total. The second kappa shape index (κ2) is 9.94. The molecule has 5 rings (SSSR count). The number of pyridine rings is 1. The Kier molecular flexibility index (Phi) is 6.40. The molecule has 0 spiro atoms. The molecule has 0 aliphatic heterocycles. The molecule has 1 amide bonds. The molecule has 3 aromatic heterocycles. The van der Waals surface area contributed by atoms with Crippen molar-refractivity contribution in [3.63, 3.8) is 0 Å². The largest absolute Gasteiger partial charge is 0.310 e. The second-order valence-corrected chi connectivity index (χ2v) is 8.87. The zero-order valence-corrected chi connectivity index (χ0v) is 20.1. The van der Waals surface area contributed by atoms with Crippen LogP contribution in [0.1, 0.15) is 11.3 Å². The van der Waals surface area contributed by atoms with Gasteiger partial charge >= 0.3 is 0 Å². The summed E-state index contributed by atoms with van der Waals surface area (Å²) < 4.78 is 3.71. The molecule has 0 bridgehead atoms. The van der Waals surface area contributed by atoms with Gasteiger partial charge in [0.05, 0.1) is 22.8 Å². The number of para-hydroxylation sites is 2. The molecule has 0 aliphatic rings. The van der Waals surface area contributed by atoms with Crippen LogP contribution < -0.4 is 5.32 Å².